The van der Waals surface area contributed by atoms with Gasteiger partial charge < -0.3 is 4.98 Å². The molecule has 1 aromatic heterocycles. The Morgan fingerprint density at radius 1 is 0.957 bits per heavy atom. The van der Waals surface area contributed by atoms with Gasteiger partial charge >= 0.3 is 0 Å². The summed E-state index contributed by atoms with van der Waals surface area (Å²) >= 11 is 0. The standard InChI is InChI=1S/C21H24N2/c1-2-17-11-13-19(14-12-17)21(18-7-4-3-5-8-18)10-6-9-20-15-22-16-23-20/h3-5,7-8,11-16,21H,2,6,9-10H2,1H3,(H,22,23). The summed E-state index contributed by atoms with van der Waals surface area (Å²) in [6.07, 6.45) is 8.12. The van der Waals surface area contributed by atoms with Crippen LogP contribution in [-0.4, -0.2) is 9.97 Å². The van der Waals surface area contributed by atoms with Crippen LogP contribution in [0.3, 0.4) is 0 Å². The predicted octanol–water partition coefficient (Wildman–Crippen LogP) is 5.13. The molecular weight excluding hydrogens is 280 g/mol. The third-order valence-corrected chi connectivity index (χ3v) is 4.49. The van der Waals surface area contributed by atoms with Gasteiger partial charge in [0.2, 0.25) is 0 Å². The number of rotatable bonds is 7. The first-order chi connectivity index (χ1) is 11.4. The molecule has 0 spiro atoms. The second kappa shape index (κ2) is 7.77. The molecule has 0 radical (unpaired) electrons. The zero-order chi connectivity index (χ0) is 15.9. The third-order valence-electron chi connectivity index (χ3n) is 4.49. The molecule has 0 aliphatic rings. The van der Waals surface area contributed by atoms with Gasteiger partial charge in [0, 0.05) is 17.8 Å². The van der Waals surface area contributed by atoms with Crippen LogP contribution in [0.5, 0.6) is 0 Å². The molecule has 3 rings (SSSR count). The van der Waals surface area contributed by atoms with E-state index < -0.39 is 0 Å². The van der Waals surface area contributed by atoms with Crippen LogP contribution in [0.15, 0.2) is 67.1 Å². The first kappa shape index (κ1) is 15.5. The summed E-state index contributed by atoms with van der Waals surface area (Å²) in [5.74, 6) is 0.463. The lowest BCUT2D eigenvalue weighted by Crippen LogP contribution is -2.02. The number of imidazole rings is 1. The smallest absolute Gasteiger partial charge is 0.0921 e. The van der Waals surface area contributed by atoms with Crippen molar-refractivity contribution in [3.05, 3.63) is 89.5 Å². The van der Waals surface area contributed by atoms with Crippen LogP contribution in [0.2, 0.25) is 0 Å². The van der Waals surface area contributed by atoms with Crippen molar-refractivity contribution in [3.63, 3.8) is 0 Å². The Morgan fingerprint density at radius 2 is 1.70 bits per heavy atom. The molecule has 1 N–H and O–H groups in total. The number of hydrogen-bond acceptors (Lipinski definition) is 1. The van der Waals surface area contributed by atoms with E-state index in [2.05, 4.69) is 71.5 Å². The van der Waals surface area contributed by atoms with E-state index in [1.54, 1.807) is 6.33 Å². The second-order valence-corrected chi connectivity index (χ2v) is 6.03. The largest absolute Gasteiger partial charge is 0.348 e. The zero-order valence-corrected chi connectivity index (χ0v) is 13.7. The highest BCUT2D eigenvalue weighted by Crippen LogP contribution is 2.30. The summed E-state index contributed by atoms with van der Waals surface area (Å²) in [5.41, 5.74) is 5.44. The fourth-order valence-corrected chi connectivity index (χ4v) is 3.11. The lowest BCUT2D eigenvalue weighted by Gasteiger charge is -2.18. The van der Waals surface area contributed by atoms with E-state index in [1.807, 2.05) is 6.20 Å². The van der Waals surface area contributed by atoms with Crippen molar-refractivity contribution in [3.8, 4) is 0 Å². The lowest BCUT2D eigenvalue weighted by atomic mass is 9.86. The van der Waals surface area contributed by atoms with Crippen LogP contribution in [0.4, 0.5) is 0 Å². The second-order valence-electron chi connectivity index (χ2n) is 6.03. The van der Waals surface area contributed by atoms with Gasteiger partial charge in [0.1, 0.15) is 0 Å². The molecule has 0 aliphatic carbocycles. The normalized spacial score (nSPS) is 12.2. The average Bonchev–Trinajstić information content (AvgIpc) is 3.13. The van der Waals surface area contributed by atoms with Gasteiger partial charge in [-0.3, -0.25) is 0 Å². The molecule has 2 nitrogen and oxygen atoms in total. The van der Waals surface area contributed by atoms with E-state index in [1.165, 1.54) is 22.4 Å². The predicted molar refractivity (Wildman–Crippen MR) is 95.6 cm³/mol. The van der Waals surface area contributed by atoms with Crippen LogP contribution in [0.25, 0.3) is 0 Å². The average molecular weight is 304 g/mol. The minimum Gasteiger partial charge on any atom is -0.348 e. The van der Waals surface area contributed by atoms with Crippen molar-refractivity contribution in [1.29, 1.82) is 0 Å². The number of hydrogen-bond donors (Lipinski definition) is 1. The van der Waals surface area contributed by atoms with E-state index in [9.17, 15) is 0 Å². The highest BCUT2D eigenvalue weighted by Gasteiger charge is 2.14. The molecule has 3 aromatic rings. The number of aromatic nitrogens is 2. The lowest BCUT2D eigenvalue weighted by molar-refractivity contribution is 0.656. The number of aromatic amines is 1. The molecular formula is C21H24N2. The maximum absolute atomic E-state index is 4.10. The number of nitrogens with zero attached hydrogens (tertiary/aromatic N) is 1. The molecule has 1 heterocycles. The molecule has 0 amide bonds. The first-order valence-electron chi connectivity index (χ1n) is 8.48. The third kappa shape index (κ3) is 4.10. The van der Waals surface area contributed by atoms with Crippen LogP contribution in [-0.2, 0) is 12.8 Å². The Labute approximate surface area is 138 Å². The summed E-state index contributed by atoms with van der Waals surface area (Å²) in [6, 6.07) is 20.0. The molecule has 1 atom stereocenters. The quantitative estimate of drug-likeness (QED) is 0.644. The molecule has 0 fully saturated rings. The first-order valence-corrected chi connectivity index (χ1v) is 8.48. The Balaban J connectivity index is 1.75. The van der Waals surface area contributed by atoms with Crippen molar-refractivity contribution in [1.82, 2.24) is 9.97 Å². The van der Waals surface area contributed by atoms with E-state index in [0.717, 1.165) is 25.7 Å². The van der Waals surface area contributed by atoms with Gasteiger partial charge in [-0.15, -0.1) is 0 Å². The molecule has 0 aliphatic heterocycles. The molecule has 2 heteroatoms. The summed E-state index contributed by atoms with van der Waals surface area (Å²) in [5, 5.41) is 0. The van der Waals surface area contributed by atoms with Gasteiger partial charge in [-0.1, -0.05) is 61.5 Å². The SMILES string of the molecule is CCc1ccc(C(CCCc2cnc[nH]2)c2ccccc2)cc1. The van der Waals surface area contributed by atoms with E-state index in [4.69, 9.17) is 0 Å². The fourth-order valence-electron chi connectivity index (χ4n) is 3.11. The van der Waals surface area contributed by atoms with Crippen LogP contribution in [0, 0.1) is 0 Å². The van der Waals surface area contributed by atoms with Crippen LogP contribution in [0.1, 0.15) is 48.1 Å². The highest BCUT2D eigenvalue weighted by atomic mass is 14.9. The van der Waals surface area contributed by atoms with Crippen LogP contribution >= 0.6 is 0 Å². The number of nitrogens with one attached hydrogen (secondary N) is 1. The van der Waals surface area contributed by atoms with E-state index in [0.29, 0.717) is 5.92 Å². The molecule has 2 aromatic carbocycles. The number of benzene rings is 2. The highest BCUT2D eigenvalue weighted by molar-refractivity contribution is 5.34. The van der Waals surface area contributed by atoms with Crippen LogP contribution < -0.4 is 0 Å². The monoisotopic (exact) mass is 304 g/mol. The van der Waals surface area contributed by atoms with Crippen molar-refractivity contribution >= 4 is 0 Å². The fraction of sp³-hybridized carbons (Fsp3) is 0.286. The van der Waals surface area contributed by atoms with Gasteiger partial charge in [-0.25, -0.2) is 4.98 Å². The zero-order valence-electron chi connectivity index (χ0n) is 13.7. The van der Waals surface area contributed by atoms with E-state index in [-0.39, 0.29) is 0 Å². The molecule has 0 saturated carbocycles. The van der Waals surface area contributed by atoms with Crippen molar-refractivity contribution in [2.24, 2.45) is 0 Å². The topological polar surface area (TPSA) is 28.7 Å². The Kier molecular flexibility index (Phi) is 5.25. The molecule has 0 bridgehead atoms. The molecule has 23 heavy (non-hydrogen) atoms. The Morgan fingerprint density at radius 3 is 2.35 bits per heavy atom. The van der Waals surface area contributed by atoms with E-state index >= 15 is 0 Å². The summed E-state index contributed by atoms with van der Waals surface area (Å²) < 4.78 is 0. The number of aryl methyl sites for hydroxylation is 2. The maximum atomic E-state index is 4.10. The molecule has 118 valence electrons. The minimum atomic E-state index is 0.463. The van der Waals surface area contributed by atoms with Gasteiger partial charge in [-0.05, 0) is 42.4 Å². The Bertz CT molecular complexity index is 684. The molecule has 0 saturated heterocycles. The minimum absolute atomic E-state index is 0.463. The van der Waals surface area contributed by atoms with Crippen molar-refractivity contribution < 1.29 is 0 Å². The number of H-pyrrole nitrogens is 1. The van der Waals surface area contributed by atoms with Gasteiger partial charge in [0.25, 0.3) is 0 Å². The van der Waals surface area contributed by atoms with Gasteiger partial charge in [0.05, 0.1) is 6.33 Å². The summed E-state index contributed by atoms with van der Waals surface area (Å²) in [4.78, 5) is 7.29. The summed E-state index contributed by atoms with van der Waals surface area (Å²) in [6.45, 7) is 2.20. The molecule has 1 unspecified atom stereocenters. The van der Waals surface area contributed by atoms with Crippen molar-refractivity contribution in [2.75, 3.05) is 0 Å². The van der Waals surface area contributed by atoms with Gasteiger partial charge in [-0.2, -0.15) is 0 Å². The van der Waals surface area contributed by atoms with Crippen molar-refractivity contribution in [2.45, 2.75) is 38.5 Å². The Hall–Kier alpha value is -2.35. The summed E-state index contributed by atoms with van der Waals surface area (Å²) in [7, 11) is 0. The maximum Gasteiger partial charge on any atom is 0.0921 e. The van der Waals surface area contributed by atoms with Gasteiger partial charge in [0.15, 0.2) is 0 Å².